The molecule has 0 saturated heterocycles. The second kappa shape index (κ2) is 9.07. The van der Waals surface area contributed by atoms with Gasteiger partial charge < -0.3 is 19.0 Å². The van der Waals surface area contributed by atoms with Crippen molar-refractivity contribution in [2.75, 3.05) is 9.80 Å². The molecule has 0 radical (unpaired) electrons. The van der Waals surface area contributed by atoms with Crippen molar-refractivity contribution in [3.8, 4) is 11.5 Å². The Hall–Kier alpha value is -5.48. The summed E-state index contributed by atoms with van der Waals surface area (Å²) in [7, 11) is 0. The minimum atomic E-state index is 0.790. The van der Waals surface area contributed by atoms with Gasteiger partial charge in [-0.15, -0.1) is 0 Å². The van der Waals surface area contributed by atoms with Gasteiger partial charge in [-0.2, -0.15) is 0 Å². The van der Waals surface area contributed by atoms with Crippen LogP contribution in [0.25, 0.3) is 21.9 Å². The predicted octanol–water partition coefficient (Wildman–Crippen LogP) is 10.6. The Labute approximate surface area is 231 Å². The van der Waals surface area contributed by atoms with E-state index >= 15 is 0 Å². The van der Waals surface area contributed by atoms with Crippen LogP contribution in [0.3, 0.4) is 0 Å². The third-order valence-corrected chi connectivity index (χ3v) is 7.42. The summed E-state index contributed by atoms with van der Waals surface area (Å²) in [4.78, 5) is 4.49. The van der Waals surface area contributed by atoms with E-state index in [-0.39, 0.29) is 0 Å². The van der Waals surface area contributed by atoms with E-state index in [1.54, 1.807) is 0 Å². The highest BCUT2D eigenvalue weighted by Crippen LogP contribution is 2.52. The second-order valence-corrected chi connectivity index (χ2v) is 9.82. The lowest BCUT2D eigenvalue weighted by Crippen LogP contribution is -2.16. The molecule has 0 fully saturated rings. The molecule has 0 aliphatic carbocycles. The number of rotatable bonds is 4. The molecular formula is C36H24N2O2. The van der Waals surface area contributed by atoms with Gasteiger partial charge in [0.25, 0.3) is 0 Å². The number of para-hydroxylation sites is 6. The van der Waals surface area contributed by atoms with E-state index in [1.807, 2.05) is 42.5 Å². The Kier molecular flexibility index (Phi) is 5.10. The first-order valence-corrected chi connectivity index (χ1v) is 13.4. The summed E-state index contributed by atoms with van der Waals surface area (Å²) in [5.41, 5.74) is 7.79. The quantitative estimate of drug-likeness (QED) is 0.233. The summed E-state index contributed by atoms with van der Waals surface area (Å²) in [6.07, 6.45) is 0. The molecule has 1 aliphatic rings. The molecule has 0 spiro atoms. The third-order valence-electron chi connectivity index (χ3n) is 7.42. The standard InChI is InChI=1S/C36H24N2O2/c1-3-12-25(13-4-1)37(32-19-11-17-29-28-16-7-9-20-33(28)40-36(29)32)27-22-23-31-35(24-27)39-34-21-10-8-18-30(34)38(31)26-14-5-2-6-15-26/h1-24H. The van der Waals surface area contributed by atoms with Gasteiger partial charge in [-0.1, -0.05) is 78.9 Å². The topological polar surface area (TPSA) is 28.9 Å². The van der Waals surface area contributed by atoms with E-state index in [0.29, 0.717) is 0 Å². The van der Waals surface area contributed by atoms with Crippen molar-refractivity contribution in [2.24, 2.45) is 0 Å². The molecule has 40 heavy (non-hydrogen) atoms. The van der Waals surface area contributed by atoms with Gasteiger partial charge in [0, 0.05) is 28.2 Å². The van der Waals surface area contributed by atoms with Gasteiger partial charge in [0.05, 0.1) is 22.7 Å². The monoisotopic (exact) mass is 516 g/mol. The summed E-state index contributed by atoms with van der Waals surface area (Å²) in [6.45, 7) is 0. The number of furan rings is 1. The van der Waals surface area contributed by atoms with Crippen molar-refractivity contribution >= 4 is 56.1 Å². The number of hydrogen-bond donors (Lipinski definition) is 0. The lowest BCUT2D eigenvalue weighted by Gasteiger charge is -2.34. The van der Waals surface area contributed by atoms with Crippen LogP contribution in [0, 0.1) is 0 Å². The first kappa shape index (κ1) is 22.5. The lowest BCUT2D eigenvalue weighted by molar-refractivity contribution is 0.477. The molecule has 0 saturated carbocycles. The van der Waals surface area contributed by atoms with Crippen molar-refractivity contribution in [1.82, 2.24) is 0 Å². The van der Waals surface area contributed by atoms with Crippen LogP contribution in [0.2, 0.25) is 0 Å². The molecule has 0 atom stereocenters. The highest BCUT2D eigenvalue weighted by Gasteiger charge is 2.27. The number of fused-ring (bicyclic) bond motifs is 5. The van der Waals surface area contributed by atoms with Crippen LogP contribution < -0.4 is 14.5 Å². The zero-order chi connectivity index (χ0) is 26.5. The van der Waals surface area contributed by atoms with Gasteiger partial charge in [0.2, 0.25) is 0 Å². The summed E-state index contributed by atoms with van der Waals surface area (Å²) in [6, 6.07) is 49.9. The maximum atomic E-state index is 6.54. The van der Waals surface area contributed by atoms with E-state index < -0.39 is 0 Å². The lowest BCUT2D eigenvalue weighted by atomic mass is 10.1. The SMILES string of the molecule is c1ccc(N2c3ccccc3Oc3cc(N(c4ccccc4)c4cccc5c4oc4ccccc45)ccc32)cc1. The Morgan fingerprint density at radius 3 is 2.08 bits per heavy atom. The van der Waals surface area contributed by atoms with Crippen molar-refractivity contribution in [3.05, 3.63) is 146 Å². The molecular weight excluding hydrogens is 492 g/mol. The Morgan fingerprint density at radius 2 is 1.20 bits per heavy atom. The summed E-state index contributed by atoms with van der Waals surface area (Å²) < 4.78 is 13.0. The molecule has 1 aliphatic heterocycles. The maximum Gasteiger partial charge on any atom is 0.159 e. The van der Waals surface area contributed by atoms with Crippen molar-refractivity contribution in [2.45, 2.75) is 0 Å². The van der Waals surface area contributed by atoms with E-state index in [2.05, 4.69) is 113 Å². The smallest absolute Gasteiger partial charge is 0.159 e. The van der Waals surface area contributed by atoms with Gasteiger partial charge in [0.15, 0.2) is 17.1 Å². The van der Waals surface area contributed by atoms with E-state index in [0.717, 1.165) is 67.6 Å². The summed E-state index contributed by atoms with van der Waals surface area (Å²) >= 11 is 0. The van der Waals surface area contributed by atoms with Gasteiger partial charge in [0.1, 0.15) is 5.58 Å². The van der Waals surface area contributed by atoms with E-state index in [9.17, 15) is 0 Å². The Balaban J connectivity index is 1.34. The number of benzene rings is 6. The van der Waals surface area contributed by atoms with Crippen LogP contribution in [0.15, 0.2) is 150 Å². The molecule has 4 nitrogen and oxygen atoms in total. The summed E-state index contributed by atoms with van der Waals surface area (Å²) in [5.74, 6) is 1.61. The average Bonchev–Trinajstić information content (AvgIpc) is 3.40. The number of hydrogen-bond acceptors (Lipinski definition) is 4. The normalized spacial score (nSPS) is 12.2. The first-order chi connectivity index (χ1) is 19.8. The van der Waals surface area contributed by atoms with E-state index in [4.69, 9.17) is 9.15 Å². The summed E-state index contributed by atoms with van der Waals surface area (Å²) in [5, 5.41) is 2.20. The average molecular weight is 517 g/mol. The highest BCUT2D eigenvalue weighted by molar-refractivity contribution is 6.10. The molecule has 1 aromatic heterocycles. The third kappa shape index (κ3) is 3.54. The second-order valence-electron chi connectivity index (χ2n) is 9.82. The fourth-order valence-electron chi connectivity index (χ4n) is 5.65. The largest absolute Gasteiger partial charge is 0.454 e. The minimum absolute atomic E-state index is 0.790. The zero-order valence-electron chi connectivity index (χ0n) is 21.6. The number of nitrogens with zero attached hydrogens (tertiary/aromatic N) is 2. The molecule has 2 heterocycles. The minimum Gasteiger partial charge on any atom is -0.454 e. The van der Waals surface area contributed by atoms with E-state index in [1.165, 1.54) is 0 Å². The molecule has 190 valence electrons. The molecule has 0 unspecified atom stereocenters. The highest BCUT2D eigenvalue weighted by atomic mass is 16.5. The fraction of sp³-hybridized carbons (Fsp3) is 0. The van der Waals surface area contributed by atoms with Gasteiger partial charge >= 0.3 is 0 Å². The molecule has 4 heteroatoms. The van der Waals surface area contributed by atoms with Gasteiger partial charge in [-0.05, 0) is 60.7 Å². The molecule has 8 rings (SSSR count). The fourth-order valence-corrected chi connectivity index (χ4v) is 5.65. The predicted molar refractivity (Wildman–Crippen MR) is 163 cm³/mol. The molecule has 7 aromatic rings. The van der Waals surface area contributed by atoms with Crippen LogP contribution in [0.4, 0.5) is 34.1 Å². The zero-order valence-corrected chi connectivity index (χ0v) is 21.6. The molecule has 6 aromatic carbocycles. The van der Waals surface area contributed by atoms with Crippen LogP contribution in [0.5, 0.6) is 11.5 Å². The Bertz CT molecular complexity index is 2000. The first-order valence-electron chi connectivity index (χ1n) is 13.4. The molecule has 0 bridgehead atoms. The maximum absolute atomic E-state index is 6.54. The molecule has 0 N–H and O–H groups in total. The van der Waals surface area contributed by atoms with Crippen LogP contribution in [-0.4, -0.2) is 0 Å². The van der Waals surface area contributed by atoms with Crippen LogP contribution in [0.1, 0.15) is 0 Å². The number of ether oxygens (including phenoxy) is 1. The van der Waals surface area contributed by atoms with Crippen molar-refractivity contribution < 1.29 is 9.15 Å². The van der Waals surface area contributed by atoms with Crippen molar-refractivity contribution in [1.29, 1.82) is 0 Å². The van der Waals surface area contributed by atoms with Gasteiger partial charge in [-0.3, -0.25) is 0 Å². The molecule has 0 amide bonds. The Morgan fingerprint density at radius 1 is 0.500 bits per heavy atom. The van der Waals surface area contributed by atoms with Crippen molar-refractivity contribution in [3.63, 3.8) is 0 Å². The van der Waals surface area contributed by atoms with Gasteiger partial charge in [-0.25, -0.2) is 0 Å². The number of anilines is 6. The van der Waals surface area contributed by atoms with Crippen LogP contribution >= 0.6 is 0 Å². The van der Waals surface area contributed by atoms with Crippen LogP contribution in [-0.2, 0) is 0 Å².